The lowest BCUT2D eigenvalue weighted by atomic mass is 9.71. The van der Waals surface area contributed by atoms with Crippen LogP contribution in [0.3, 0.4) is 0 Å². The van der Waals surface area contributed by atoms with Crippen molar-refractivity contribution in [3.05, 3.63) is 29.8 Å². The van der Waals surface area contributed by atoms with Crippen molar-refractivity contribution in [2.24, 2.45) is 29.6 Å². The molecule has 0 bridgehead atoms. The van der Waals surface area contributed by atoms with E-state index in [4.69, 9.17) is 4.74 Å². The van der Waals surface area contributed by atoms with Crippen LogP contribution in [0.25, 0.3) is 0 Å². The van der Waals surface area contributed by atoms with E-state index in [9.17, 15) is 4.79 Å². The molecular weight excluding hydrogens is 368 g/mol. The molecule has 0 saturated heterocycles. The van der Waals surface area contributed by atoms with Crippen LogP contribution in [0.2, 0.25) is 0 Å². The average Bonchev–Trinajstić information content (AvgIpc) is 2.80. The summed E-state index contributed by atoms with van der Waals surface area (Å²) in [6.07, 6.45) is 19.7. The van der Waals surface area contributed by atoms with Gasteiger partial charge in [0.15, 0.2) is 0 Å². The van der Waals surface area contributed by atoms with Gasteiger partial charge in [-0.05, 0) is 79.9 Å². The second-order valence-electron chi connectivity index (χ2n) is 10.7. The maximum atomic E-state index is 12.7. The Morgan fingerprint density at radius 1 is 0.800 bits per heavy atom. The van der Waals surface area contributed by atoms with Crippen LogP contribution in [0.4, 0.5) is 0 Å². The number of hydrogen-bond acceptors (Lipinski definition) is 2. The molecule has 3 aliphatic rings. The molecule has 0 atom stereocenters. The summed E-state index contributed by atoms with van der Waals surface area (Å²) in [5.74, 6) is 4.46. The molecule has 4 rings (SSSR count). The molecule has 0 unspecified atom stereocenters. The fourth-order valence-electron chi connectivity index (χ4n) is 6.34. The first-order valence-corrected chi connectivity index (χ1v) is 13.0. The third kappa shape index (κ3) is 6.11. The molecule has 0 radical (unpaired) electrons. The Kier molecular flexibility index (Phi) is 7.90. The van der Waals surface area contributed by atoms with E-state index in [2.05, 4.69) is 19.1 Å². The summed E-state index contributed by atoms with van der Waals surface area (Å²) in [4.78, 5) is 12.7. The third-order valence-corrected chi connectivity index (χ3v) is 8.54. The molecule has 0 heterocycles. The van der Waals surface area contributed by atoms with Gasteiger partial charge in [-0.25, -0.2) is 0 Å². The SMILES string of the molecule is CC1CCC(CCc2ccc(OC(=O)C3CCC(C4CCCCC4)CC3)cc2)CC1. The van der Waals surface area contributed by atoms with Crippen LogP contribution in [0.5, 0.6) is 5.75 Å². The van der Waals surface area contributed by atoms with Gasteiger partial charge in [0.25, 0.3) is 0 Å². The van der Waals surface area contributed by atoms with Gasteiger partial charge < -0.3 is 4.74 Å². The second-order valence-corrected chi connectivity index (χ2v) is 10.7. The molecule has 30 heavy (non-hydrogen) atoms. The molecule has 1 aromatic carbocycles. The van der Waals surface area contributed by atoms with Gasteiger partial charge in [0.2, 0.25) is 0 Å². The predicted molar refractivity (Wildman–Crippen MR) is 124 cm³/mol. The lowest BCUT2D eigenvalue weighted by Gasteiger charge is -2.35. The number of benzene rings is 1. The molecule has 1 aromatic rings. The summed E-state index contributed by atoms with van der Waals surface area (Å²) >= 11 is 0. The van der Waals surface area contributed by atoms with Crippen LogP contribution in [-0.4, -0.2) is 5.97 Å². The van der Waals surface area contributed by atoms with Gasteiger partial charge in [-0.15, -0.1) is 0 Å². The molecule has 0 aromatic heterocycles. The van der Waals surface area contributed by atoms with Gasteiger partial charge >= 0.3 is 5.97 Å². The lowest BCUT2D eigenvalue weighted by Crippen LogP contribution is -2.29. The number of ether oxygens (including phenoxy) is 1. The molecule has 0 spiro atoms. The van der Waals surface area contributed by atoms with Crippen molar-refractivity contribution in [3.8, 4) is 5.75 Å². The first-order valence-electron chi connectivity index (χ1n) is 13.0. The highest BCUT2D eigenvalue weighted by atomic mass is 16.5. The minimum atomic E-state index is 0.00108. The van der Waals surface area contributed by atoms with Gasteiger partial charge in [-0.1, -0.05) is 76.8 Å². The first kappa shape index (κ1) is 21.9. The van der Waals surface area contributed by atoms with E-state index < -0.39 is 0 Å². The molecule has 0 aliphatic heterocycles. The van der Waals surface area contributed by atoms with E-state index in [1.807, 2.05) is 12.1 Å². The van der Waals surface area contributed by atoms with Crippen LogP contribution in [0, 0.1) is 29.6 Å². The molecule has 3 fully saturated rings. The average molecular weight is 411 g/mol. The second kappa shape index (κ2) is 10.8. The summed E-state index contributed by atoms with van der Waals surface area (Å²) in [5.41, 5.74) is 1.38. The van der Waals surface area contributed by atoms with Crippen molar-refractivity contribution in [1.29, 1.82) is 0 Å². The Morgan fingerprint density at radius 3 is 2.10 bits per heavy atom. The van der Waals surface area contributed by atoms with Crippen molar-refractivity contribution >= 4 is 5.97 Å². The first-order chi connectivity index (χ1) is 14.7. The molecule has 3 saturated carbocycles. The predicted octanol–water partition coefficient (Wildman–Crippen LogP) is 7.74. The summed E-state index contributed by atoms with van der Waals surface area (Å²) < 4.78 is 5.76. The smallest absolute Gasteiger partial charge is 0.314 e. The van der Waals surface area contributed by atoms with Gasteiger partial charge in [0.05, 0.1) is 5.92 Å². The normalized spacial score (nSPS) is 30.7. The summed E-state index contributed by atoms with van der Waals surface area (Å²) in [5, 5.41) is 0. The minimum absolute atomic E-state index is 0.00108. The molecule has 2 heteroatoms. The van der Waals surface area contributed by atoms with Crippen LogP contribution >= 0.6 is 0 Å². The number of carbonyl (C=O) groups excluding carboxylic acids is 1. The van der Waals surface area contributed by atoms with Crippen molar-refractivity contribution < 1.29 is 9.53 Å². The summed E-state index contributed by atoms with van der Waals surface area (Å²) in [6, 6.07) is 8.33. The van der Waals surface area contributed by atoms with Crippen molar-refractivity contribution in [2.45, 2.75) is 103 Å². The van der Waals surface area contributed by atoms with Crippen LogP contribution < -0.4 is 4.74 Å². The largest absolute Gasteiger partial charge is 0.426 e. The molecule has 3 aliphatic carbocycles. The van der Waals surface area contributed by atoms with E-state index in [0.717, 1.165) is 48.7 Å². The Morgan fingerprint density at radius 2 is 1.43 bits per heavy atom. The number of rotatable bonds is 6. The van der Waals surface area contributed by atoms with Gasteiger partial charge in [-0.2, -0.15) is 0 Å². The van der Waals surface area contributed by atoms with E-state index in [1.54, 1.807) is 0 Å². The molecule has 166 valence electrons. The monoisotopic (exact) mass is 410 g/mol. The minimum Gasteiger partial charge on any atom is -0.426 e. The molecule has 0 N–H and O–H groups in total. The molecule has 2 nitrogen and oxygen atoms in total. The van der Waals surface area contributed by atoms with Crippen LogP contribution in [0.1, 0.15) is 102 Å². The number of carbonyl (C=O) groups is 1. The summed E-state index contributed by atoms with van der Waals surface area (Å²) in [6.45, 7) is 2.39. The number of hydrogen-bond donors (Lipinski definition) is 0. The standard InChI is InChI=1S/C28H42O2/c1-21-7-9-22(10-8-21)11-12-23-13-19-27(20-14-23)30-28(29)26-17-15-25(16-18-26)24-5-3-2-4-6-24/h13-14,19-22,24-26H,2-12,15-18H2,1H3. The van der Waals surface area contributed by atoms with E-state index in [-0.39, 0.29) is 11.9 Å². The van der Waals surface area contributed by atoms with Crippen LogP contribution in [0.15, 0.2) is 24.3 Å². The third-order valence-electron chi connectivity index (χ3n) is 8.54. The Balaban J connectivity index is 1.18. The van der Waals surface area contributed by atoms with Gasteiger partial charge in [-0.3, -0.25) is 4.79 Å². The zero-order valence-electron chi connectivity index (χ0n) is 19.1. The highest BCUT2D eigenvalue weighted by Crippen LogP contribution is 2.40. The Hall–Kier alpha value is -1.31. The number of aryl methyl sites for hydroxylation is 1. The molecule has 0 amide bonds. The zero-order valence-corrected chi connectivity index (χ0v) is 19.1. The maximum Gasteiger partial charge on any atom is 0.314 e. The fourth-order valence-corrected chi connectivity index (χ4v) is 6.34. The maximum absolute atomic E-state index is 12.7. The summed E-state index contributed by atoms with van der Waals surface area (Å²) in [7, 11) is 0. The Bertz CT molecular complexity index is 642. The van der Waals surface area contributed by atoms with E-state index in [0.29, 0.717) is 0 Å². The topological polar surface area (TPSA) is 26.3 Å². The highest BCUT2D eigenvalue weighted by Gasteiger charge is 2.32. The highest BCUT2D eigenvalue weighted by molar-refractivity contribution is 5.75. The van der Waals surface area contributed by atoms with Gasteiger partial charge in [0.1, 0.15) is 5.75 Å². The van der Waals surface area contributed by atoms with E-state index in [1.165, 1.54) is 82.6 Å². The Labute approximate surface area is 184 Å². The zero-order chi connectivity index (χ0) is 20.8. The quantitative estimate of drug-likeness (QED) is 0.354. The number of esters is 1. The van der Waals surface area contributed by atoms with E-state index >= 15 is 0 Å². The van der Waals surface area contributed by atoms with Gasteiger partial charge in [0, 0.05) is 0 Å². The fraction of sp³-hybridized carbons (Fsp3) is 0.750. The lowest BCUT2D eigenvalue weighted by molar-refractivity contribution is -0.140. The van der Waals surface area contributed by atoms with Crippen molar-refractivity contribution in [1.82, 2.24) is 0 Å². The van der Waals surface area contributed by atoms with Crippen molar-refractivity contribution in [2.75, 3.05) is 0 Å². The molecular formula is C28H42O2. The van der Waals surface area contributed by atoms with Crippen LogP contribution in [-0.2, 0) is 11.2 Å². The van der Waals surface area contributed by atoms with Crippen molar-refractivity contribution in [3.63, 3.8) is 0 Å².